The molecular formula is C14H21N3O2S. The third-order valence-electron chi connectivity index (χ3n) is 4.05. The molecule has 0 saturated carbocycles. The average molecular weight is 295 g/mol. The molecule has 2 aliphatic rings. The first-order chi connectivity index (χ1) is 9.65. The standard InChI is InChI=1S/C14H21N3O2S/c18-20(19,16-14-6-3-8-15-10-14)17-9-7-12-4-1-2-5-13(12)11-17/h1-2,4-5,14-16H,3,6-11H2/t14-/m1/s1. The van der Waals surface area contributed by atoms with Crippen molar-refractivity contribution in [1.82, 2.24) is 14.3 Å². The number of hydrogen-bond donors (Lipinski definition) is 2. The minimum Gasteiger partial charge on any atom is -0.315 e. The van der Waals surface area contributed by atoms with E-state index in [1.54, 1.807) is 4.31 Å². The molecule has 0 aromatic heterocycles. The first-order valence-corrected chi connectivity index (χ1v) is 8.64. The van der Waals surface area contributed by atoms with Gasteiger partial charge in [0.15, 0.2) is 0 Å². The minimum absolute atomic E-state index is 0.0194. The lowest BCUT2D eigenvalue weighted by Crippen LogP contribution is -2.51. The second kappa shape index (κ2) is 5.81. The lowest BCUT2D eigenvalue weighted by atomic mass is 10.0. The van der Waals surface area contributed by atoms with Gasteiger partial charge in [0.05, 0.1) is 0 Å². The van der Waals surface area contributed by atoms with Gasteiger partial charge in [-0.25, -0.2) is 0 Å². The first kappa shape index (κ1) is 14.0. The molecule has 2 N–H and O–H groups in total. The zero-order valence-corrected chi connectivity index (χ0v) is 12.3. The van der Waals surface area contributed by atoms with Crippen LogP contribution in [0.2, 0.25) is 0 Å². The van der Waals surface area contributed by atoms with E-state index in [2.05, 4.69) is 16.1 Å². The molecule has 2 aliphatic heterocycles. The van der Waals surface area contributed by atoms with Crippen LogP contribution in [0.4, 0.5) is 0 Å². The first-order valence-electron chi connectivity index (χ1n) is 7.20. The van der Waals surface area contributed by atoms with Crippen LogP contribution in [0.3, 0.4) is 0 Å². The van der Waals surface area contributed by atoms with Crippen LogP contribution >= 0.6 is 0 Å². The molecule has 0 unspecified atom stereocenters. The topological polar surface area (TPSA) is 61.4 Å². The molecule has 2 heterocycles. The van der Waals surface area contributed by atoms with Gasteiger partial charge in [-0.2, -0.15) is 17.4 Å². The molecule has 0 bridgehead atoms. The van der Waals surface area contributed by atoms with E-state index in [1.807, 2.05) is 18.2 Å². The SMILES string of the molecule is O=S(=O)(N[C@@H]1CCCNC1)N1CCc2ccccc2C1. The maximum Gasteiger partial charge on any atom is 0.280 e. The number of benzene rings is 1. The van der Waals surface area contributed by atoms with Gasteiger partial charge in [0.1, 0.15) is 0 Å². The van der Waals surface area contributed by atoms with Gasteiger partial charge < -0.3 is 5.32 Å². The largest absolute Gasteiger partial charge is 0.315 e. The second-order valence-corrected chi connectivity index (χ2v) is 7.22. The van der Waals surface area contributed by atoms with Crippen LogP contribution in [0.1, 0.15) is 24.0 Å². The number of piperidine rings is 1. The number of nitrogens with one attached hydrogen (secondary N) is 2. The number of fused-ring (bicyclic) bond motifs is 1. The fourth-order valence-electron chi connectivity index (χ4n) is 2.91. The van der Waals surface area contributed by atoms with Gasteiger partial charge in [0.25, 0.3) is 10.2 Å². The minimum atomic E-state index is -3.38. The quantitative estimate of drug-likeness (QED) is 0.860. The highest BCUT2D eigenvalue weighted by atomic mass is 32.2. The van der Waals surface area contributed by atoms with E-state index in [-0.39, 0.29) is 6.04 Å². The summed E-state index contributed by atoms with van der Waals surface area (Å²) in [4.78, 5) is 0. The van der Waals surface area contributed by atoms with Crippen LogP contribution in [0.25, 0.3) is 0 Å². The Hall–Kier alpha value is -0.950. The van der Waals surface area contributed by atoms with Crippen molar-refractivity contribution in [2.24, 2.45) is 0 Å². The Balaban J connectivity index is 1.69. The van der Waals surface area contributed by atoms with E-state index in [0.29, 0.717) is 13.1 Å². The summed E-state index contributed by atoms with van der Waals surface area (Å²) in [6.45, 7) is 2.75. The van der Waals surface area contributed by atoms with Crippen LogP contribution in [0, 0.1) is 0 Å². The van der Waals surface area contributed by atoms with Crippen molar-refractivity contribution in [3.63, 3.8) is 0 Å². The van der Waals surface area contributed by atoms with E-state index >= 15 is 0 Å². The fourth-order valence-corrected chi connectivity index (χ4v) is 4.32. The monoisotopic (exact) mass is 295 g/mol. The predicted octanol–water partition coefficient (Wildman–Crippen LogP) is 0.631. The lowest BCUT2D eigenvalue weighted by Gasteiger charge is -2.31. The summed E-state index contributed by atoms with van der Waals surface area (Å²) in [5.74, 6) is 0. The number of hydrogen-bond acceptors (Lipinski definition) is 3. The van der Waals surface area contributed by atoms with Crippen molar-refractivity contribution < 1.29 is 8.42 Å². The van der Waals surface area contributed by atoms with Gasteiger partial charge in [-0.05, 0) is 36.9 Å². The molecule has 3 rings (SSSR count). The highest BCUT2D eigenvalue weighted by Crippen LogP contribution is 2.20. The van der Waals surface area contributed by atoms with E-state index in [1.165, 1.54) is 5.56 Å². The van der Waals surface area contributed by atoms with E-state index in [9.17, 15) is 8.42 Å². The second-order valence-electron chi connectivity index (χ2n) is 5.52. The Kier molecular flexibility index (Phi) is 4.07. The molecule has 0 spiro atoms. The maximum atomic E-state index is 12.5. The molecule has 6 heteroatoms. The summed E-state index contributed by atoms with van der Waals surface area (Å²) in [6, 6.07) is 8.09. The average Bonchev–Trinajstić information content (AvgIpc) is 2.47. The summed E-state index contributed by atoms with van der Waals surface area (Å²) in [5, 5.41) is 3.23. The third kappa shape index (κ3) is 3.03. The molecule has 0 amide bonds. The van der Waals surface area contributed by atoms with Gasteiger partial charge in [-0.3, -0.25) is 0 Å². The molecule has 5 nitrogen and oxygen atoms in total. The Labute approximate surface area is 120 Å². The lowest BCUT2D eigenvalue weighted by molar-refractivity contribution is 0.364. The molecule has 0 aliphatic carbocycles. The van der Waals surface area contributed by atoms with Crippen LogP contribution < -0.4 is 10.0 Å². The van der Waals surface area contributed by atoms with Gasteiger partial charge >= 0.3 is 0 Å². The van der Waals surface area contributed by atoms with E-state index < -0.39 is 10.2 Å². The summed E-state index contributed by atoms with van der Waals surface area (Å²) < 4.78 is 29.3. The molecular weight excluding hydrogens is 274 g/mol. The zero-order chi connectivity index (χ0) is 14.0. The van der Waals surface area contributed by atoms with Crippen molar-refractivity contribution in [2.45, 2.75) is 31.8 Å². The van der Waals surface area contributed by atoms with Crippen LogP contribution in [-0.2, 0) is 23.2 Å². The summed E-state index contributed by atoms with van der Waals surface area (Å²) in [6.07, 6.45) is 2.73. The molecule has 1 saturated heterocycles. The Bertz CT molecular complexity index is 568. The summed E-state index contributed by atoms with van der Waals surface area (Å²) in [5.41, 5.74) is 2.38. The molecule has 1 aromatic carbocycles. The molecule has 110 valence electrons. The van der Waals surface area contributed by atoms with Gasteiger partial charge in [0.2, 0.25) is 0 Å². The van der Waals surface area contributed by atoms with E-state index in [4.69, 9.17) is 0 Å². The zero-order valence-electron chi connectivity index (χ0n) is 11.5. The van der Waals surface area contributed by atoms with Crippen LogP contribution in [-0.4, -0.2) is 38.4 Å². The van der Waals surface area contributed by atoms with Crippen LogP contribution in [0.15, 0.2) is 24.3 Å². The van der Waals surface area contributed by atoms with Crippen molar-refractivity contribution in [3.8, 4) is 0 Å². The molecule has 20 heavy (non-hydrogen) atoms. The van der Waals surface area contributed by atoms with Crippen molar-refractivity contribution >= 4 is 10.2 Å². The van der Waals surface area contributed by atoms with E-state index in [0.717, 1.165) is 37.9 Å². The Morgan fingerprint density at radius 3 is 2.80 bits per heavy atom. The van der Waals surface area contributed by atoms with Gasteiger partial charge in [-0.1, -0.05) is 24.3 Å². The molecule has 1 fully saturated rings. The Morgan fingerprint density at radius 2 is 2.05 bits per heavy atom. The molecule has 0 radical (unpaired) electrons. The van der Waals surface area contributed by atoms with Gasteiger partial charge in [-0.15, -0.1) is 0 Å². The molecule has 1 aromatic rings. The smallest absolute Gasteiger partial charge is 0.280 e. The Morgan fingerprint density at radius 1 is 1.25 bits per heavy atom. The summed E-state index contributed by atoms with van der Waals surface area (Å²) >= 11 is 0. The van der Waals surface area contributed by atoms with Crippen molar-refractivity contribution in [2.75, 3.05) is 19.6 Å². The molecule has 1 atom stereocenters. The highest BCUT2D eigenvalue weighted by Gasteiger charge is 2.29. The maximum absolute atomic E-state index is 12.5. The normalized spacial score (nSPS) is 24.3. The number of nitrogens with zero attached hydrogens (tertiary/aromatic N) is 1. The number of rotatable bonds is 3. The van der Waals surface area contributed by atoms with Gasteiger partial charge in [0, 0.05) is 25.7 Å². The van der Waals surface area contributed by atoms with Crippen molar-refractivity contribution in [1.29, 1.82) is 0 Å². The fraction of sp³-hybridized carbons (Fsp3) is 0.571. The highest BCUT2D eigenvalue weighted by molar-refractivity contribution is 7.87. The predicted molar refractivity (Wildman–Crippen MR) is 78.5 cm³/mol. The third-order valence-corrected chi connectivity index (χ3v) is 5.67. The van der Waals surface area contributed by atoms with Crippen LogP contribution in [0.5, 0.6) is 0 Å². The summed E-state index contributed by atoms with van der Waals surface area (Å²) in [7, 11) is -3.38. The van der Waals surface area contributed by atoms with Crippen molar-refractivity contribution in [3.05, 3.63) is 35.4 Å².